The normalized spacial score (nSPS) is 25.3. The summed E-state index contributed by atoms with van der Waals surface area (Å²) in [6.45, 7) is 1.83. The van der Waals surface area contributed by atoms with Crippen molar-refractivity contribution in [3.63, 3.8) is 0 Å². The van der Waals surface area contributed by atoms with Crippen molar-refractivity contribution >= 4 is 33.0 Å². The zero-order chi connectivity index (χ0) is 15.9. The molecular formula is C15H19BrN4O2. The van der Waals surface area contributed by atoms with Gasteiger partial charge in [-0.25, -0.2) is 4.52 Å². The van der Waals surface area contributed by atoms with Gasteiger partial charge in [-0.15, -0.1) is 0 Å². The van der Waals surface area contributed by atoms with Crippen molar-refractivity contribution in [1.82, 2.24) is 9.61 Å². The van der Waals surface area contributed by atoms with Gasteiger partial charge < -0.3 is 16.2 Å². The molecule has 1 amide bonds. The molecule has 0 saturated heterocycles. The lowest BCUT2D eigenvalue weighted by molar-refractivity contribution is 0.0106. The van der Waals surface area contributed by atoms with Crippen LogP contribution in [0.25, 0.3) is 5.52 Å². The van der Waals surface area contributed by atoms with E-state index in [4.69, 9.17) is 5.73 Å². The van der Waals surface area contributed by atoms with Crippen molar-refractivity contribution in [3.05, 3.63) is 28.5 Å². The lowest BCUT2D eigenvalue weighted by atomic mass is 9.81. The van der Waals surface area contributed by atoms with E-state index in [2.05, 4.69) is 26.3 Å². The minimum absolute atomic E-state index is 0.126. The third-order valence-corrected chi connectivity index (χ3v) is 4.80. The minimum Gasteiger partial charge on any atom is -0.388 e. The molecule has 2 aromatic heterocycles. The monoisotopic (exact) mass is 366 g/mol. The average Bonchev–Trinajstić information content (AvgIpc) is 2.81. The summed E-state index contributed by atoms with van der Waals surface area (Å²) in [6, 6.07) is 1.75. The molecule has 118 valence electrons. The molecule has 6 nitrogen and oxygen atoms in total. The van der Waals surface area contributed by atoms with E-state index in [1.165, 1.54) is 6.20 Å². The summed E-state index contributed by atoms with van der Waals surface area (Å²) in [7, 11) is 0. The van der Waals surface area contributed by atoms with Crippen molar-refractivity contribution in [2.24, 2.45) is 5.73 Å². The molecule has 0 unspecified atom stereocenters. The highest BCUT2D eigenvalue weighted by Gasteiger charge is 2.35. The highest BCUT2D eigenvalue weighted by atomic mass is 79.9. The zero-order valence-electron chi connectivity index (χ0n) is 12.3. The van der Waals surface area contributed by atoms with E-state index >= 15 is 0 Å². The van der Waals surface area contributed by atoms with Crippen LogP contribution in [0.4, 0.5) is 5.69 Å². The van der Waals surface area contributed by atoms with E-state index in [-0.39, 0.29) is 6.04 Å². The Bertz CT molecular complexity index is 726. The molecule has 22 heavy (non-hydrogen) atoms. The number of amides is 1. The summed E-state index contributed by atoms with van der Waals surface area (Å²) in [5.41, 5.74) is 6.39. The van der Waals surface area contributed by atoms with Gasteiger partial charge in [0.1, 0.15) is 0 Å². The second kappa shape index (κ2) is 5.55. The predicted octanol–water partition coefficient (Wildman–Crippen LogP) is 2.30. The Morgan fingerprint density at radius 1 is 1.59 bits per heavy atom. The second-order valence-corrected chi connectivity index (χ2v) is 7.00. The number of aromatic nitrogens is 2. The SMILES string of the molecule is C[C@]1(O)CCCC[C@@H]1Nc1c(C(N)=O)cnn2cc(Br)cc12. The number of fused-ring (bicyclic) bond motifs is 1. The summed E-state index contributed by atoms with van der Waals surface area (Å²) in [5.74, 6) is -0.537. The van der Waals surface area contributed by atoms with Gasteiger partial charge in [0, 0.05) is 10.7 Å². The zero-order valence-corrected chi connectivity index (χ0v) is 13.9. The molecule has 0 bridgehead atoms. The van der Waals surface area contributed by atoms with E-state index in [0.29, 0.717) is 11.3 Å². The van der Waals surface area contributed by atoms with Gasteiger partial charge in [0.05, 0.1) is 34.6 Å². The summed E-state index contributed by atoms with van der Waals surface area (Å²) < 4.78 is 2.54. The number of primary amides is 1. The van der Waals surface area contributed by atoms with Gasteiger partial charge in [-0.2, -0.15) is 5.10 Å². The van der Waals surface area contributed by atoms with Crippen molar-refractivity contribution in [3.8, 4) is 0 Å². The van der Waals surface area contributed by atoms with Gasteiger partial charge in [0.25, 0.3) is 5.91 Å². The fourth-order valence-corrected chi connectivity index (χ4v) is 3.49. The summed E-state index contributed by atoms with van der Waals surface area (Å²) in [6.07, 6.45) is 6.91. The molecule has 4 N–H and O–H groups in total. The van der Waals surface area contributed by atoms with Crippen LogP contribution in [0, 0.1) is 0 Å². The number of hydrogen-bond donors (Lipinski definition) is 3. The molecule has 2 atom stereocenters. The van der Waals surface area contributed by atoms with E-state index in [1.54, 1.807) is 4.52 Å². The van der Waals surface area contributed by atoms with E-state index in [0.717, 1.165) is 35.7 Å². The molecule has 3 rings (SSSR count). The molecule has 1 fully saturated rings. The molecule has 2 heterocycles. The Kier molecular flexibility index (Phi) is 3.86. The molecule has 1 saturated carbocycles. The van der Waals surface area contributed by atoms with Crippen LogP contribution in [-0.4, -0.2) is 32.3 Å². The highest BCUT2D eigenvalue weighted by molar-refractivity contribution is 9.10. The smallest absolute Gasteiger partial charge is 0.252 e. The lowest BCUT2D eigenvalue weighted by Crippen LogP contribution is -2.47. The topological polar surface area (TPSA) is 92.6 Å². The molecule has 0 aliphatic heterocycles. The molecule has 2 aromatic rings. The van der Waals surface area contributed by atoms with Crippen LogP contribution < -0.4 is 11.1 Å². The quantitative estimate of drug-likeness (QED) is 0.776. The number of halogens is 1. The van der Waals surface area contributed by atoms with Gasteiger partial charge in [-0.1, -0.05) is 12.8 Å². The van der Waals surface area contributed by atoms with Crippen LogP contribution >= 0.6 is 15.9 Å². The maximum absolute atomic E-state index is 11.7. The first-order valence-electron chi connectivity index (χ1n) is 7.34. The Morgan fingerprint density at radius 2 is 2.36 bits per heavy atom. The van der Waals surface area contributed by atoms with E-state index in [9.17, 15) is 9.90 Å². The van der Waals surface area contributed by atoms with Gasteiger partial charge in [0.15, 0.2) is 0 Å². The number of carbonyl (C=O) groups is 1. The number of nitrogens with zero attached hydrogens (tertiary/aromatic N) is 2. The molecular weight excluding hydrogens is 348 g/mol. The number of aliphatic hydroxyl groups is 1. The summed E-state index contributed by atoms with van der Waals surface area (Å²) in [5, 5.41) is 18.1. The first-order valence-corrected chi connectivity index (χ1v) is 8.13. The molecule has 0 aromatic carbocycles. The van der Waals surface area contributed by atoms with Crippen LogP contribution in [0.3, 0.4) is 0 Å². The number of nitrogens with one attached hydrogen (secondary N) is 1. The number of hydrogen-bond acceptors (Lipinski definition) is 4. The van der Waals surface area contributed by atoms with Crippen molar-refractivity contribution in [2.45, 2.75) is 44.2 Å². The van der Waals surface area contributed by atoms with Crippen molar-refractivity contribution < 1.29 is 9.90 Å². The Morgan fingerprint density at radius 3 is 3.05 bits per heavy atom. The number of anilines is 1. The summed E-state index contributed by atoms with van der Waals surface area (Å²) in [4.78, 5) is 11.7. The standard InChI is InChI=1S/C15H19BrN4O2/c1-15(22)5-3-2-4-12(15)19-13-10(14(17)21)7-18-20-8-9(16)6-11(13)20/h6-8,12,19,22H,2-5H2,1H3,(H2,17,21)/t12-,15-/m0/s1. The van der Waals surface area contributed by atoms with Crippen LogP contribution in [-0.2, 0) is 0 Å². The first kappa shape index (κ1) is 15.3. The largest absolute Gasteiger partial charge is 0.388 e. The Hall–Kier alpha value is -1.60. The fraction of sp³-hybridized carbons (Fsp3) is 0.467. The molecule has 0 spiro atoms. The number of nitrogens with two attached hydrogens (primary N) is 1. The predicted molar refractivity (Wildman–Crippen MR) is 87.9 cm³/mol. The van der Waals surface area contributed by atoms with E-state index < -0.39 is 11.5 Å². The van der Waals surface area contributed by atoms with Crippen LogP contribution in [0.15, 0.2) is 22.9 Å². The van der Waals surface area contributed by atoms with Gasteiger partial charge in [-0.05, 0) is 41.8 Å². The molecule has 0 radical (unpaired) electrons. The highest BCUT2D eigenvalue weighted by Crippen LogP contribution is 2.33. The van der Waals surface area contributed by atoms with Crippen molar-refractivity contribution in [2.75, 3.05) is 5.32 Å². The third kappa shape index (κ3) is 2.70. The Balaban J connectivity index is 2.07. The van der Waals surface area contributed by atoms with Crippen LogP contribution in [0.2, 0.25) is 0 Å². The molecule has 1 aliphatic carbocycles. The Labute approximate surface area is 136 Å². The van der Waals surface area contributed by atoms with Crippen LogP contribution in [0.1, 0.15) is 43.0 Å². The van der Waals surface area contributed by atoms with Gasteiger partial charge >= 0.3 is 0 Å². The van der Waals surface area contributed by atoms with E-state index in [1.807, 2.05) is 19.2 Å². The summed E-state index contributed by atoms with van der Waals surface area (Å²) >= 11 is 3.41. The minimum atomic E-state index is -0.808. The third-order valence-electron chi connectivity index (χ3n) is 4.36. The first-order chi connectivity index (χ1) is 10.4. The van der Waals surface area contributed by atoms with Gasteiger partial charge in [0.2, 0.25) is 0 Å². The number of rotatable bonds is 3. The second-order valence-electron chi connectivity index (χ2n) is 6.09. The average molecular weight is 367 g/mol. The maximum atomic E-state index is 11.7. The maximum Gasteiger partial charge on any atom is 0.252 e. The molecule has 7 heteroatoms. The van der Waals surface area contributed by atoms with Crippen LogP contribution in [0.5, 0.6) is 0 Å². The fourth-order valence-electron chi connectivity index (χ4n) is 3.08. The lowest BCUT2D eigenvalue weighted by Gasteiger charge is -2.38. The van der Waals surface area contributed by atoms with Crippen molar-refractivity contribution in [1.29, 1.82) is 0 Å². The number of carbonyl (C=O) groups excluding carboxylic acids is 1. The van der Waals surface area contributed by atoms with Gasteiger partial charge in [-0.3, -0.25) is 4.79 Å². The molecule has 1 aliphatic rings.